The van der Waals surface area contributed by atoms with Gasteiger partial charge in [-0.2, -0.15) is 5.10 Å². The van der Waals surface area contributed by atoms with Crippen LogP contribution in [0.4, 0.5) is 0 Å². The van der Waals surface area contributed by atoms with E-state index in [4.69, 9.17) is 16.7 Å². The van der Waals surface area contributed by atoms with Gasteiger partial charge in [-0.15, -0.1) is 0 Å². The van der Waals surface area contributed by atoms with Gasteiger partial charge in [0.15, 0.2) is 0 Å². The molecule has 0 saturated carbocycles. The number of likely N-dealkylation sites (tertiary alicyclic amines) is 1. The van der Waals surface area contributed by atoms with E-state index in [9.17, 15) is 5.11 Å². The second-order valence-corrected chi connectivity index (χ2v) is 8.86. The van der Waals surface area contributed by atoms with Gasteiger partial charge < -0.3 is 5.11 Å². The summed E-state index contributed by atoms with van der Waals surface area (Å²) in [5.41, 5.74) is 5.53. The molecule has 5 heteroatoms. The van der Waals surface area contributed by atoms with Crippen LogP contribution in [0.15, 0.2) is 72.5 Å². The van der Waals surface area contributed by atoms with E-state index in [0.717, 1.165) is 66.5 Å². The van der Waals surface area contributed by atoms with E-state index in [1.165, 1.54) is 12.0 Å². The van der Waals surface area contributed by atoms with Crippen LogP contribution in [-0.4, -0.2) is 46.4 Å². The number of hydrazone groups is 1. The first-order valence-corrected chi connectivity index (χ1v) is 11.4. The van der Waals surface area contributed by atoms with Crippen molar-refractivity contribution in [3.8, 4) is 0 Å². The van der Waals surface area contributed by atoms with E-state index >= 15 is 0 Å². The third-order valence-electron chi connectivity index (χ3n) is 6.18. The zero-order valence-electron chi connectivity index (χ0n) is 17.9. The molecule has 0 unspecified atom stereocenters. The van der Waals surface area contributed by atoms with Gasteiger partial charge in [-0.05, 0) is 50.0 Å². The summed E-state index contributed by atoms with van der Waals surface area (Å²) in [6, 6.07) is 16.8. The van der Waals surface area contributed by atoms with Gasteiger partial charge in [-0.25, -0.2) is 0 Å². The van der Waals surface area contributed by atoms with Gasteiger partial charge in [-0.1, -0.05) is 61.2 Å². The average Bonchev–Trinajstić information content (AvgIpc) is 3.19. The third kappa shape index (κ3) is 5.20. The van der Waals surface area contributed by atoms with E-state index < -0.39 is 0 Å². The number of allylic oxidation sites excluding steroid dienone is 1. The molecule has 0 radical (unpaired) electrons. The minimum absolute atomic E-state index is 0.271. The lowest BCUT2D eigenvalue weighted by atomic mass is 9.94. The molecule has 0 amide bonds. The van der Waals surface area contributed by atoms with Gasteiger partial charge in [0.2, 0.25) is 0 Å². The summed E-state index contributed by atoms with van der Waals surface area (Å²) in [7, 11) is 0. The molecule has 4 rings (SSSR count). The Balaban J connectivity index is 1.53. The predicted octanol–water partition coefficient (Wildman–Crippen LogP) is 5.89. The number of hydrogen-bond donors (Lipinski definition) is 1. The lowest BCUT2D eigenvalue weighted by Gasteiger charge is -2.34. The number of rotatable bonds is 8. The summed E-state index contributed by atoms with van der Waals surface area (Å²) in [5, 5.41) is 17.3. The first-order valence-electron chi connectivity index (χ1n) is 11.0. The molecule has 2 aromatic carbocycles. The van der Waals surface area contributed by atoms with Crippen LogP contribution in [0.25, 0.3) is 5.70 Å². The molecule has 0 aromatic heterocycles. The minimum Gasteiger partial charge on any atom is -0.513 e. The fourth-order valence-electron chi connectivity index (χ4n) is 4.54. The van der Waals surface area contributed by atoms with Crippen LogP contribution in [0.1, 0.15) is 42.4 Å². The average molecular weight is 436 g/mol. The van der Waals surface area contributed by atoms with Crippen molar-refractivity contribution in [3.05, 3.63) is 89.2 Å². The summed E-state index contributed by atoms with van der Waals surface area (Å²) in [6.07, 6.45) is 4.71. The van der Waals surface area contributed by atoms with Gasteiger partial charge in [-0.3, -0.25) is 9.91 Å². The molecule has 4 nitrogen and oxygen atoms in total. The van der Waals surface area contributed by atoms with Crippen LogP contribution in [0.2, 0.25) is 5.02 Å². The molecule has 2 aliphatic heterocycles. The molecular weight excluding hydrogens is 406 g/mol. The standard InChI is InChI=1S/C26H30ClN3O/c1-19(31)7-5-15-29-16-6-8-23(29)18-30-20(2)24-9-3-4-10-25(24)26(28-30)17-21-11-13-22(27)14-12-21/h3-4,9-14,23,31H,1-2,5-8,15-18H2/t23-/m1/s1. The Kier molecular flexibility index (Phi) is 6.79. The summed E-state index contributed by atoms with van der Waals surface area (Å²) in [5.74, 6) is 0.271. The highest BCUT2D eigenvalue weighted by Gasteiger charge is 2.29. The van der Waals surface area contributed by atoms with Crippen molar-refractivity contribution in [2.75, 3.05) is 19.6 Å². The normalized spacial score (nSPS) is 18.7. The van der Waals surface area contributed by atoms with Crippen molar-refractivity contribution in [1.29, 1.82) is 0 Å². The van der Waals surface area contributed by atoms with Crippen molar-refractivity contribution >= 4 is 23.0 Å². The Bertz CT molecular complexity index is 982. The maximum Gasteiger partial charge on any atom is 0.0851 e. The van der Waals surface area contributed by atoms with Crippen LogP contribution in [-0.2, 0) is 6.42 Å². The summed E-state index contributed by atoms with van der Waals surface area (Å²) >= 11 is 6.07. The summed E-state index contributed by atoms with van der Waals surface area (Å²) in [6.45, 7) is 10.9. The van der Waals surface area contributed by atoms with Crippen molar-refractivity contribution < 1.29 is 5.11 Å². The zero-order valence-corrected chi connectivity index (χ0v) is 18.7. The second kappa shape index (κ2) is 9.71. The van der Waals surface area contributed by atoms with Gasteiger partial charge in [0.25, 0.3) is 0 Å². The van der Waals surface area contributed by atoms with Crippen LogP contribution < -0.4 is 0 Å². The monoisotopic (exact) mass is 435 g/mol. The molecule has 31 heavy (non-hydrogen) atoms. The largest absolute Gasteiger partial charge is 0.513 e. The lowest BCUT2D eigenvalue weighted by Crippen LogP contribution is -2.40. The van der Waals surface area contributed by atoms with Crippen LogP contribution in [0.5, 0.6) is 0 Å². The Morgan fingerprint density at radius 2 is 1.87 bits per heavy atom. The van der Waals surface area contributed by atoms with Crippen LogP contribution in [0.3, 0.4) is 0 Å². The highest BCUT2D eigenvalue weighted by atomic mass is 35.5. The van der Waals surface area contributed by atoms with E-state index in [0.29, 0.717) is 12.5 Å². The number of nitrogens with zero attached hydrogens (tertiary/aromatic N) is 3. The van der Waals surface area contributed by atoms with Gasteiger partial charge in [0.1, 0.15) is 0 Å². The number of aliphatic hydroxyl groups is 1. The first kappa shape index (κ1) is 21.7. The summed E-state index contributed by atoms with van der Waals surface area (Å²) in [4.78, 5) is 2.52. The number of halogens is 1. The SMILES string of the molecule is C=C(O)CCCN1CCC[C@@H]1CN1N=C(Cc2ccc(Cl)cc2)c2ccccc2C1=C. The summed E-state index contributed by atoms with van der Waals surface area (Å²) < 4.78 is 0. The fraction of sp³-hybridized carbons (Fsp3) is 0.346. The highest BCUT2D eigenvalue weighted by Crippen LogP contribution is 2.31. The molecule has 2 aliphatic rings. The Labute approximate surface area is 190 Å². The van der Waals surface area contributed by atoms with Crippen molar-refractivity contribution in [1.82, 2.24) is 9.91 Å². The molecule has 2 heterocycles. The van der Waals surface area contributed by atoms with Crippen LogP contribution >= 0.6 is 11.6 Å². The Morgan fingerprint density at radius 1 is 1.13 bits per heavy atom. The van der Waals surface area contributed by atoms with E-state index in [1.807, 2.05) is 12.1 Å². The molecule has 0 spiro atoms. The number of hydrogen-bond acceptors (Lipinski definition) is 4. The van der Waals surface area contributed by atoms with Gasteiger partial charge >= 0.3 is 0 Å². The molecule has 1 atom stereocenters. The highest BCUT2D eigenvalue weighted by molar-refractivity contribution is 6.30. The number of aliphatic hydroxyl groups excluding tert-OH is 1. The topological polar surface area (TPSA) is 39.1 Å². The first-order chi connectivity index (χ1) is 15.0. The van der Waals surface area contributed by atoms with E-state index in [1.54, 1.807) is 0 Å². The molecule has 0 aliphatic carbocycles. The van der Waals surface area contributed by atoms with Crippen molar-refractivity contribution in [2.24, 2.45) is 5.10 Å². The minimum atomic E-state index is 0.271. The molecule has 1 N–H and O–H groups in total. The fourth-order valence-corrected chi connectivity index (χ4v) is 4.67. The molecule has 1 saturated heterocycles. The maximum absolute atomic E-state index is 9.39. The van der Waals surface area contributed by atoms with E-state index in [-0.39, 0.29) is 5.76 Å². The van der Waals surface area contributed by atoms with Crippen LogP contribution in [0, 0.1) is 0 Å². The van der Waals surface area contributed by atoms with Gasteiger partial charge in [0, 0.05) is 35.0 Å². The van der Waals surface area contributed by atoms with E-state index in [2.05, 4.69) is 59.5 Å². The lowest BCUT2D eigenvalue weighted by molar-refractivity contribution is 0.206. The molecule has 1 fully saturated rings. The molecule has 2 aromatic rings. The van der Waals surface area contributed by atoms with Crippen molar-refractivity contribution in [3.63, 3.8) is 0 Å². The maximum atomic E-state index is 9.39. The predicted molar refractivity (Wildman–Crippen MR) is 129 cm³/mol. The van der Waals surface area contributed by atoms with Gasteiger partial charge in [0.05, 0.1) is 23.7 Å². The third-order valence-corrected chi connectivity index (χ3v) is 6.43. The second-order valence-electron chi connectivity index (χ2n) is 8.43. The smallest absolute Gasteiger partial charge is 0.0851 e. The molecule has 162 valence electrons. The quantitative estimate of drug-likeness (QED) is 0.525. The number of benzene rings is 2. The molecular formula is C26H30ClN3O. The Morgan fingerprint density at radius 3 is 2.61 bits per heavy atom. The Hall–Kier alpha value is -2.56. The zero-order chi connectivity index (χ0) is 21.8. The van der Waals surface area contributed by atoms with Crippen molar-refractivity contribution in [2.45, 2.75) is 38.1 Å². The molecule has 0 bridgehead atoms. The number of fused-ring (bicyclic) bond motifs is 1.